The molecule has 104 valence electrons. The molecule has 8 heteroatoms. The van der Waals surface area contributed by atoms with Crippen LogP contribution in [0.2, 0.25) is 0 Å². The van der Waals surface area contributed by atoms with Gasteiger partial charge in [-0.1, -0.05) is 0 Å². The summed E-state index contributed by atoms with van der Waals surface area (Å²) in [6.07, 6.45) is -2.51. The smallest absolute Gasteiger partial charge is 0.330 e. The summed E-state index contributed by atoms with van der Waals surface area (Å²) < 4.78 is 26.4. The number of rotatable bonds is 10. The standard InChI is InChI=1S/C9H21O7P/c1-3-14-9(15-4-2)6-16-17(12,13)7-8(11)5-10/h8-11H,3-7H2,1-2H3,(H,12,13). The molecule has 0 aromatic heterocycles. The van der Waals surface area contributed by atoms with Gasteiger partial charge in [0.2, 0.25) is 0 Å². The molecule has 0 fully saturated rings. The lowest BCUT2D eigenvalue weighted by Gasteiger charge is -2.20. The highest BCUT2D eigenvalue weighted by Crippen LogP contribution is 2.42. The van der Waals surface area contributed by atoms with Gasteiger partial charge >= 0.3 is 7.60 Å². The predicted molar refractivity (Wildman–Crippen MR) is 60.8 cm³/mol. The molecule has 0 saturated carbocycles. The minimum absolute atomic E-state index is 0.201. The van der Waals surface area contributed by atoms with Crippen molar-refractivity contribution in [2.75, 3.05) is 32.6 Å². The normalized spacial score (nSPS) is 17.1. The molecule has 17 heavy (non-hydrogen) atoms. The fourth-order valence-corrected chi connectivity index (χ4v) is 2.18. The predicted octanol–water partition coefficient (Wildman–Crippen LogP) is -0.0593. The third-order valence-corrected chi connectivity index (χ3v) is 3.21. The molecule has 0 aromatic rings. The van der Waals surface area contributed by atoms with Crippen LogP contribution in [0.5, 0.6) is 0 Å². The Kier molecular flexibility index (Phi) is 8.99. The van der Waals surface area contributed by atoms with Crippen LogP contribution in [0.25, 0.3) is 0 Å². The van der Waals surface area contributed by atoms with E-state index in [0.29, 0.717) is 13.2 Å². The molecule has 0 amide bonds. The van der Waals surface area contributed by atoms with Crippen LogP contribution in [0, 0.1) is 0 Å². The molecule has 0 aliphatic heterocycles. The zero-order valence-corrected chi connectivity index (χ0v) is 11.0. The maximum atomic E-state index is 11.4. The number of ether oxygens (including phenoxy) is 2. The molecule has 2 atom stereocenters. The third-order valence-electron chi connectivity index (χ3n) is 1.77. The van der Waals surface area contributed by atoms with Gasteiger partial charge in [-0.15, -0.1) is 0 Å². The summed E-state index contributed by atoms with van der Waals surface area (Å²) in [7, 11) is -3.94. The first kappa shape index (κ1) is 17.0. The van der Waals surface area contributed by atoms with Crippen molar-refractivity contribution in [2.24, 2.45) is 0 Å². The summed E-state index contributed by atoms with van der Waals surface area (Å²) in [5.74, 6) is 0. The summed E-state index contributed by atoms with van der Waals surface area (Å²) in [6.45, 7) is 3.52. The molecule has 2 unspecified atom stereocenters. The molecular weight excluding hydrogens is 251 g/mol. The Bertz CT molecular complexity index is 229. The molecule has 0 saturated heterocycles. The van der Waals surface area contributed by atoms with Crippen LogP contribution in [0.3, 0.4) is 0 Å². The Morgan fingerprint density at radius 3 is 2.18 bits per heavy atom. The van der Waals surface area contributed by atoms with E-state index in [1.54, 1.807) is 13.8 Å². The average molecular weight is 272 g/mol. The zero-order chi connectivity index (χ0) is 13.3. The van der Waals surface area contributed by atoms with Crippen LogP contribution in [0.4, 0.5) is 0 Å². The Morgan fingerprint density at radius 1 is 1.24 bits per heavy atom. The number of hydrogen-bond acceptors (Lipinski definition) is 6. The van der Waals surface area contributed by atoms with E-state index in [2.05, 4.69) is 0 Å². The van der Waals surface area contributed by atoms with Crippen molar-refractivity contribution in [1.29, 1.82) is 0 Å². The van der Waals surface area contributed by atoms with Crippen molar-refractivity contribution in [2.45, 2.75) is 26.2 Å². The van der Waals surface area contributed by atoms with E-state index < -0.39 is 32.8 Å². The fourth-order valence-electron chi connectivity index (χ4n) is 1.07. The van der Waals surface area contributed by atoms with Crippen molar-refractivity contribution in [3.8, 4) is 0 Å². The van der Waals surface area contributed by atoms with Gasteiger partial charge in [-0.2, -0.15) is 0 Å². The Morgan fingerprint density at radius 2 is 1.76 bits per heavy atom. The number of hydrogen-bond donors (Lipinski definition) is 3. The van der Waals surface area contributed by atoms with Gasteiger partial charge in [0.25, 0.3) is 0 Å². The second kappa shape index (κ2) is 8.99. The molecule has 0 rings (SSSR count). The Balaban J connectivity index is 4.07. The number of aliphatic hydroxyl groups is 2. The molecule has 0 radical (unpaired) electrons. The van der Waals surface area contributed by atoms with Gasteiger partial charge in [-0.25, -0.2) is 0 Å². The Hall–Kier alpha value is -0.0100. The minimum atomic E-state index is -3.94. The Labute approximate surface area is 101 Å². The first-order valence-electron chi connectivity index (χ1n) is 5.43. The van der Waals surface area contributed by atoms with Crippen molar-refractivity contribution in [1.82, 2.24) is 0 Å². The van der Waals surface area contributed by atoms with Gasteiger partial charge < -0.3 is 29.1 Å². The lowest BCUT2D eigenvalue weighted by molar-refractivity contribution is -0.153. The largest absolute Gasteiger partial charge is 0.394 e. The molecule has 0 heterocycles. The molecule has 0 aliphatic carbocycles. The molecule has 0 bridgehead atoms. The van der Waals surface area contributed by atoms with E-state index >= 15 is 0 Å². The van der Waals surface area contributed by atoms with Crippen LogP contribution in [-0.4, -0.2) is 60.1 Å². The lowest BCUT2D eigenvalue weighted by Crippen LogP contribution is -2.24. The van der Waals surface area contributed by atoms with Gasteiger partial charge in [0.1, 0.15) is 6.61 Å². The van der Waals surface area contributed by atoms with E-state index in [1.807, 2.05) is 0 Å². The highest BCUT2D eigenvalue weighted by atomic mass is 31.2. The van der Waals surface area contributed by atoms with Crippen molar-refractivity contribution >= 4 is 7.60 Å². The van der Waals surface area contributed by atoms with Crippen LogP contribution in [0.15, 0.2) is 0 Å². The van der Waals surface area contributed by atoms with E-state index in [1.165, 1.54) is 0 Å². The summed E-state index contributed by atoms with van der Waals surface area (Å²) in [6, 6.07) is 0. The first-order chi connectivity index (χ1) is 7.95. The molecule has 0 spiro atoms. The average Bonchev–Trinajstić information content (AvgIpc) is 2.26. The van der Waals surface area contributed by atoms with Gasteiger partial charge in [0.05, 0.1) is 18.9 Å². The van der Waals surface area contributed by atoms with Gasteiger partial charge in [0.15, 0.2) is 6.29 Å². The van der Waals surface area contributed by atoms with E-state index in [0.717, 1.165) is 0 Å². The highest BCUT2D eigenvalue weighted by Gasteiger charge is 2.25. The van der Waals surface area contributed by atoms with Gasteiger partial charge in [-0.3, -0.25) is 4.57 Å². The summed E-state index contributed by atoms with van der Waals surface area (Å²) >= 11 is 0. The van der Waals surface area contributed by atoms with Crippen LogP contribution >= 0.6 is 7.60 Å². The second-order valence-corrected chi connectivity index (χ2v) is 5.19. The monoisotopic (exact) mass is 272 g/mol. The van der Waals surface area contributed by atoms with Gasteiger partial charge in [0, 0.05) is 13.2 Å². The zero-order valence-electron chi connectivity index (χ0n) is 10.1. The maximum absolute atomic E-state index is 11.4. The first-order valence-corrected chi connectivity index (χ1v) is 7.19. The lowest BCUT2D eigenvalue weighted by atomic mass is 10.4. The van der Waals surface area contributed by atoms with E-state index in [-0.39, 0.29) is 6.61 Å². The molecular formula is C9H21O7P. The number of aliphatic hydroxyl groups excluding tert-OH is 2. The maximum Gasteiger partial charge on any atom is 0.330 e. The highest BCUT2D eigenvalue weighted by molar-refractivity contribution is 7.52. The van der Waals surface area contributed by atoms with E-state index in [9.17, 15) is 9.46 Å². The molecule has 0 aromatic carbocycles. The topological polar surface area (TPSA) is 105 Å². The molecule has 3 N–H and O–H groups in total. The van der Waals surface area contributed by atoms with Crippen LogP contribution in [-0.2, 0) is 18.6 Å². The van der Waals surface area contributed by atoms with Crippen LogP contribution < -0.4 is 0 Å². The fraction of sp³-hybridized carbons (Fsp3) is 1.00. The van der Waals surface area contributed by atoms with Crippen LogP contribution in [0.1, 0.15) is 13.8 Å². The second-order valence-electron chi connectivity index (χ2n) is 3.29. The molecule has 0 aliphatic rings. The SMILES string of the molecule is CCOC(COP(=O)(O)CC(O)CO)OCC. The van der Waals surface area contributed by atoms with Crippen molar-refractivity contribution < 1.29 is 33.7 Å². The quantitative estimate of drug-likeness (QED) is 0.378. The summed E-state index contributed by atoms with van der Waals surface area (Å²) in [5.41, 5.74) is 0. The molecule has 7 nitrogen and oxygen atoms in total. The minimum Gasteiger partial charge on any atom is -0.394 e. The van der Waals surface area contributed by atoms with E-state index in [4.69, 9.17) is 24.2 Å². The van der Waals surface area contributed by atoms with Crippen molar-refractivity contribution in [3.05, 3.63) is 0 Å². The third kappa shape index (κ3) is 8.68. The summed E-state index contributed by atoms with van der Waals surface area (Å²) in [5, 5.41) is 17.6. The van der Waals surface area contributed by atoms with Gasteiger partial charge in [-0.05, 0) is 13.8 Å². The van der Waals surface area contributed by atoms with Crippen molar-refractivity contribution in [3.63, 3.8) is 0 Å². The summed E-state index contributed by atoms with van der Waals surface area (Å²) in [4.78, 5) is 9.35.